The van der Waals surface area contributed by atoms with Crippen molar-refractivity contribution in [3.05, 3.63) is 67.6 Å². The van der Waals surface area contributed by atoms with Gasteiger partial charge in [0.2, 0.25) is 11.8 Å². The van der Waals surface area contributed by atoms with Crippen LogP contribution in [0.3, 0.4) is 0 Å². The van der Waals surface area contributed by atoms with E-state index < -0.39 is 6.04 Å². The molecule has 30 heavy (non-hydrogen) atoms. The molecule has 2 amide bonds. The number of hydrogen-bond acceptors (Lipinski definition) is 3. The first-order valence-corrected chi connectivity index (χ1v) is 11.9. The molecule has 0 aliphatic rings. The fourth-order valence-corrected chi connectivity index (χ4v) is 5.03. The number of nitrogens with one attached hydrogen (secondary N) is 1. The highest BCUT2D eigenvalue weighted by molar-refractivity contribution is 7.99. The maximum Gasteiger partial charge on any atom is 0.242 e. The van der Waals surface area contributed by atoms with Gasteiger partial charge in [-0.2, -0.15) is 0 Å². The minimum absolute atomic E-state index is 0.167. The molecule has 0 aromatic heterocycles. The summed E-state index contributed by atoms with van der Waals surface area (Å²) in [5.74, 6) is 0.247. The molecular weight excluding hydrogens is 486 g/mol. The first-order chi connectivity index (χ1) is 14.3. The van der Waals surface area contributed by atoms with Gasteiger partial charge in [0, 0.05) is 39.4 Å². The SMILES string of the molecule is CCC(C(=O)NC)N(Cc1ccc(Cl)cc1Cl)C(=O)CSCc1c(Cl)cccc1Cl. The molecule has 1 unspecified atom stereocenters. The van der Waals surface area contributed by atoms with Crippen molar-refractivity contribution in [1.29, 1.82) is 0 Å². The molecule has 162 valence electrons. The number of thioether (sulfide) groups is 1. The molecule has 0 aliphatic carbocycles. The maximum absolute atomic E-state index is 13.1. The topological polar surface area (TPSA) is 49.4 Å². The quantitative estimate of drug-likeness (QED) is 0.447. The monoisotopic (exact) mass is 506 g/mol. The molecule has 2 aromatic carbocycles. The van der Waals surface area contributed by atoms with Gasteiger partial charge in [-0.1, -0.05) is 65.5 Å². The lowest BCUT2D eigenvalue weighted by molar-refractivity contribution is -0.139. The summed E-state index contributed by atoms with van der Waals surface area (Å²) in [5.41, 5.74) is 1.50. The van der Waals surface area contributed by atoms with Crippen molar-refractivity contribution in [2.24, 2.45) is 0 Å². The van der Waals surface area contributed by atoms with Gasteiger partial charge < -0.3 is 10.2 Å². The van der Waals surface area contributed by atoms with Gasteiger partial charge in [-0.05, 0) is 41.8 Å². The van der Waals surface area contributed by atoms with E-state index in [0.29, 0.717) is 32.3 Å². The number of likely N-dealkylation sites (N-methyl/N-ethyl adjacent to an activating group) is 1. The molecule has 0 radical (unpaired) electrons. The van der Waals surface area contributed by atoms with Crippen molar-refractivity contribution < 1.29 is 9.59 Å². The molecular formula is C21H22Cl4N2O2S. The first kappa shape index (κ1) is 25.2. The molecule has 0 heterocycles. The van der Waals surface area contributed by atoms with Crippen molar-refractivity contribution in [3.8, 4) is 0 Å². The zero-order valence-electron chi connectivity index (χ0n) is 16.6. The van der Waals surface area contributed by atoms with Crippen LogP contribution in [-0.2, 0) is 21.9 Å². The third kappa shape index (κ3) is 6.69. The van der Waals surface area contributed by atoms with E-state index in [9.17, 15) is 9.59 Å². The number of carbonyl (C=O) groups excluding carboxylic acids is 2. The van der Waals surface area contributed by atoms with Gasteiger partial charge in [-0.15, -0.1) is 11.8 Å². The van der Waals surface area contributed by atoms with Crippen LogP contribution in [0.25, 0.3) is 0 Å². The van der Waals surface area contributed by atoms with Gasteiger partial charge in [-0.3, -0.25) is 9.59 Å². The summed E-state index contributed by atoms with van der Waals surface area (Å²) in [5, 5.41) is 4.70. The van der Waals surface area contributed by atoms with Crippen molar-refractivity contribution in [1.82, 2.24) is 10.2 Å². The third-order valence-corrected chi connectivity index (χ3v) is 6.76. The number of nitrogens with zero attached hydrogens (tertiary/aromatic N) is 1. The molecule has 0 saturated carbocycles. The minimum atomic E-state index is -0.612. The molecule has 0 bridgehead atoms. The summed E-state index contributed by atoms with van der Waals surface area (Å²) >= 11 is 26.1. The van der Waals surface area contributed by atoms with E-state index in [4.69, 9.17) is 46.4 Å². The Kier molecular flexibility index (Phi) is 10.1. The van der Waals surface area contributed by atoms with E-state index in [1.54, 1.807) is 48.3 Å². The van der Waals surface area contributed by atoms with Gasteiger partial charge in [0.1, 0.15) is 6.04 Å². The molecule has 0 aliphatic heterocycles. The Balaban J connectivity index is 2.18. The normalized spacial score (nSPS) is 11.8. The van der Waals surface area contributed by atoms with E-state index in [1.807, 2.05) is 6.92 Å². The van der Waals surface area contributed by atoms with E-state index in [-0.39, 0.29) is 24.1 Å². The maximum atomic E-state index is 13.1. The number of carbonyl (C=O) groups is 2. The first-order valence-electron chi connectivity index (χ1n) is 9.24. The van der Waals surface area contributed by atoms with Gasteiger partial charge in [0.25, 0.3) is 0 Å². The molecule has 4 nitrogen and oxygen atoms in total. The summed E-state index contributed by atoms with van der Waals surface area (Å²) in [6.07, 6.45) is 0.470. The van der Waals surface area contributed by atoms with Crippen LogP contribution >= 0.6 is 58.2 Å². The minimum Gasteiger partial charge on any atom is -0.357 e. The predicted octanol–water partition coefficient (Wildman–Crippen LogP) is 6.09. The second-order valence-electron chi connectivity index (χ2n) is 6.49. The van der Waals surface area contributed by atoms with Crippen LogP contribution in [0.5, 0.6) is 0 Å². The number of amides is 2. The molecule has 9 heteroatoms. The number of hydrogen-bond donors (Lipinski definition) is 1. The second kappa shape index (κ2) is 12.1. The molecule has 0 fully saturated rings. The fraction of sp³-hybridized carbons (Fsp3) is 0.333. The van der Waals surface area contributed by atoms with E-state index >= 15 is 0 Å². The fourth-order valence-electron chi connectivity index (χ4n) is 2.91. The second-order valence-corrected chi connectivity index (χ2v) is 9.13. The molecule has 1 atom stereocenters. The van der Waals surface area contributed by atoms with Crippen molar-refractivity contribution in [2.45, 2.75) is 31.7 Å². The van der Waals surface area contributed by atoms with Crippen LogP contribution in [0.2, 0.25) is 20.1 Å². The van der Waals surface area contributed by atoms with Crippen LogP contribution in [0, 0.1) is 0 Å². The highest BCUT2D eigenvalue weighted by Gasteiger charge is 2.28. The molecule has 2 rings (SSSR count). The summed E-state index contributed by atoms with van der Waals surface area (Å²) in [4.78, 5) is 27.0. The smallest absolute Gasteiger partial charge is 0.242 e. The lowest BCUT2D eigenvalue weighted by Crippen LogP contribution is -2.48. The van der Waals surface area contributed by atoms with E-state index in [1.165, 1.54) is 11.8 Å². The zero-order chi connectivity index (χ0) is 22.3. The van der Waals surface area contributed by atoms with Crippen LogP contribution in [0.1, 0.15) is 24.5 Å². The number of rotatable bonds is 9. The third-order valence-electron chi connectivity index (χ3n) is 4.52. The standard InChI is InChI=1S/C21H22Cl4N2O2S/c1-3-19(21(29)26-2)27(10-13-7-8-14(22)9-18(13)25)20(28)12-30-11-15-16(23)5-4-6-17(15)24/h4-9,19H,3,10-12H2,1-2H3,(H,26,29). The average molecular weight is 508 g/mol. The van der Waals surface area contributed by atoms with Gasteiger partial charge in [0.15, 0.2) is 0 Å². The van der Waals surface area contributed by atoms with E-state index in [2.05, 4.69) is 5.32 Å². The summed E-state index contributed by atoms with van der Waals surface area (Å²) in [7, 11) is 1.55. The predicted molar refractivity (Wildman–Crippen MR) is 128 cm³/mol. The molecule has 0 saturated heterocycles. The Morgan fingerprint density at radius 1 is 1.07 bits per heavy atom. The largest absolute Gasteiger partial charge is 0.357 e. The van der Waals surface area contributed by atoms with Crippen molar-refractivity contribution in [2.75, 3.05) is 12.8 Å². The Labute approximate surface area is 201 Å². The van der Waals surface area contributed by atoms with Crippen LogP contribution in [0.15, 0.2) is 36.4 Å². The Bertz CT molecular complexity index is 890. The van der Waals surface area contributed by atoms with Crippen molar-refractivity contribution in [3.63, 3.8) is 0 Å². The summed E-state index contributed by atoms with van der Waals surface area (Å²) in [6.45, 7) is 2.06. The molecule has 0 spiro atoms. The van der Waals surface area contributed by atoms with Gasteiger partial charge in [0.05, 0.1) is 5.75 Å². The summed E-state index contributed by atoms with van der Waals surface area (Å²) in [6, 6.07) is 9.78. The highest BCUT2D eigenvalue weighted by Crippen LogP contribution is 2.29. The number of benzene rings is 2. The molecule has 1 N–H and O–H groups in total. The zero-order valence-corrected chi connectivity index (χ0v) is 20.4. The van der Waals surface area contributed by atoms with Gasteiger partial charge >= 0.3 is 0 Å². The van der Waals surface area contributed by atoms with Crippen LogP contribution in [0.4, 0.5) is 0 Å². The van der Waals surface area contributed by atoms with E-state index in [0.717, 1.165) is 11.1 Å². The molecule has 2 aromatic rings. The highest BCUT2D eigenvalue weighted by atomic mass is 35.5. The number of halogens is 4. The van der Waals surface area contributed by atoms with Gasteiger partial charge in [-0.25, -0.2) is 0 Å². The Morgan fingerprint density at radius 2 is 1.73 bits per heavy atom. The van der Waals surface area contributed by atoms with Crippen LogP contribution < -0.4 is 5.32 Å². The Morgan fingerprint density at radius 3 is 2.30 bits per heavy atom. The van der Waals surface area contributed by atoms with Crippen LogP contribution in [-0.4, -0.2) is 35.6 Å². The van der Waals surface area contributed by atoms with Crippen molar-refractivity contribution >= 4 is 70.0 Å². The Hall–Kier alpha value is -1.11. The average Bonchev–Trinajstić information content (AvgIpc) is 2.71. The lowest BCUT2D eigenvalue weighted by Gasteiger charge is -2.30. The lowest BCUT2D eigenvalue weighted by atomic mass is 10.1. The summed E-state index contributed by atoms with van der Waals surface area (Å²) < 4.78 is 0.